The van der Waals surface area contributed by atoms with E-state index in [1.54, 1.807) is 0 Å². The molecule has 0 aromatic heterocycles. The largest absolute Gasteiger partial charge is 0.387 e. The number of aliphatic hydroxyl groups excluding tert-OH is 1. The molecular weight excluding hydrogens is 234 g/mol. The Balaban J connectivity index is 1.90. The Morgan fingerprint density at radius 2 is 1.74 bits per heavy atom. The van der Waals surface area contributed by atoms with Crippen LogP contribution in [0.15, 0.2) is 24.3 Å². The van der Waals surface area contributed by atoms with Gasteiger partial charge in [0.05, 0.1) is 6.10 Å². The first-order valence-electron chi connectivity index (χ1n) is 7.59. The molecule has 1 saturated heterocycles. The van der Waals surface area contributed by atoms with Crippen molar-refractivity contribution in [2.24, 2.45) is 11.8 Å². The first kappa shape index (κ1) is 14.5. The first-order valence-corrected chi connectivity index (χ1v) is 7.59. The Labute approximate surface area is 117 Å². The van der Waals surface area contributed by atoms with Crippen LogP contribution in [0, 0.1) is 11.8 Å². The summed E-state index contributed by atoms with van der Waals surface area (Å²) in [5.74, 6) is 1.50. The lowest BCUT2D eigenvalue weighted by Gasteiger charge is -2.20. The lowest BCUT2D eigenvalue weighted by Crippen LogP contribution is -2.26. The average molecular weight is 261 g/mol. The Morgan fingerprint density at radius 1 is 1.16 bits per heavy atom. The third kappa shape index (κ3) is 3.80. The maximum absolute atomic E-state index is 10.3. The normalized spacial score (nSPS) is 25.7. The van der Waals surface area contributed by atoms with Crippen LogP contribution in [0.25, 0.3) is 0 Å². The number of likely N-dealkylation sites (tertiary alicyclic amines) is 1. The summed E-state index contributed by atoms with van der Waals surface area (Å²) in [5, 5.41) is 10.3. The van der Waals surface area contributed by atoms with E-state index in [9.17, 15) is 5.11 Å². The predicted molar refractivity (Wildman–Crippen MR) is 80.2 cm³/mol. The third-order valence-electron chi connectivity index (χ3n) is 4.40. The fourth-order valence-corrected chi connectivity index (χ4v) is 2.94. The zero-order chi connectivity index (χ0) is 13.8. The van der Waals surface area contributed by atoms with Gasteiger partial charge < -0.3 is 5.11 Å². The average Bonchev–Trinajstić information content (AvgIpc) is 2.69. The van der Waals surface area contributed by atoms with Gasteiger partial charge in [-0.05, 0) is 29.4 Å². The van der Waals surface area contributed by atoms with E-state index in [2.05, 4.69) is 49.9 Å². The lowest BCUT2D eigenvalue weighted by atomic mass is 10.0. The highest BCUT2D eigenvalue weighted by atomic mass is 16.3. The van der Waals surface area contributed by atoms with Crippen LogP contribution in [0.4, 0.5) is 0 Å². The highest BCUT2D eigenvalue weighted by Crippen LogP contribution is 2.24. The lowest BCUT2D eigenvalue weighted by molar-refractivity contribution is 0.123. The molecule has 106 valence electrons. The maximum atomic E-state index is 10.3. The van der Waals surface area contributed by atoms with Crippen LogP contribution >= 0.6 is 0 Å². The van der Waals surface area contributed by atoms with E-state index >= 15 is 0 Å². The van der Waals surface area contributed by atoms with Crippen molar-refractivity contribution < 1.29 is 5.11 Å². The van der Waals surface area contributed by atoms with Gasteiger partial charge in [-0.1, -0.05) is 51.5 Å². The highest BCUT2D eigenvalue weighted by Gasteiger charge is 2.27. The smallest absolute Gasteiger partial charge is 0.0916 e. The summed E-state index contributed by atoms with van der Waals surface area (Å²) >= 11 is 0. The SMILES string of the molecule is CCCc1ccc(C(O)CN2CC(C)C(C)C2)cc1. The van der Waals surface area contributed by atoms with Crippen LogP contribution in [-0.2, 0) is 6.42 Å². The first-order chi connectivity index (χ1) is 9.10. The van der Waals surface area contributed by atoms with E-state index < -0.39 is 0 Å². The summed E-state index contributed by atoms with van der Waals surface area (Å²) in [4.78, 5) is 2.39. The van der Waals surface area contributed by atoms with Crippen LogP contribution in [0.2, 0.25) is 0 Å². The van der Waals surface area contributed by atoms with Gasteiger partial charge in [0, 0.05) is 19.6 Å². The highest BCUT2D eigenvalue weighted by molar-refractivity contribution is 5.24. The number of aryl methyl sites for hydroxylation is 1. The molecule has 1 heterocycles. The minimum atomic E-state index is -0.354. The van der Waals surface area contributed by atoms with Crippen LogP contribution < -0.4 is 0 Å². The molecule has 0 bridgehead atoms. The Morgan fingerprint density at radius 3 is 2.26 bits per heavy atom. The molecule has 3 unspecified atom stereocenters. The molecule has 1 aromatic rings. The van der Waals surface area contributed by atoms with Crippen molar-refractivity contribution in [2.45, 2.75) is 39.7 Å². The van der Waals surface area contributed by atoms with Gasteiger partial charge in [-0.3, -0.25) is 4.90 Å². The van der Waals surface area contributed by atoms with Gasteiger partial charge in [-0.25, -0.2) is 0 Å². The van der Waals surface area contributed by atoms with Gasteiger partial charge in [-0.2, -0.15) is 0 Å². The number of hydrogen-bond acceptors (Lipinski definition) is 2. The van der Waals surface area contributed by atoms with Crippen molar-refractivity contribution >= 4 is 0 Å². The van der Waals surface area contributed by atoms with Gasteiger partial charge in [0.2, 0.25) is 0 Å². The van der Waals surface area contributed by atoms with Crippen molar-refractivity contribution in [3.63, 3.8) is 0 Å². The van der Waals surface area contributed by atoms with Crippen LogP contribution in [0.1, 0.15) is 44.4 Å². The molecule has 19 heavy (non-hydrogen) atoms. The summed E-state index contributed by atoms with van der Waals surface area (Å²) in [6.45, 7) is 9.80. The van der Waals surface area contributed by atoms with E-state index in [4.69, 9.17) is 0 Å². The Hall–Kier alpha value is -0.860. The molecule has 2 nitrogen and oxygen atoms in total. The van der Waals surface area contributed by atoms with Crippen molar-refractivity contribution in [2.75, 3.05) is 19.6 Å². The zero-order valence-electron chi connectivity index (χ0n) is 12.5. The number of hydrogen-bond donors (Lipinski definition) is 1. The zero-order valence-corrected chi connectivity index (χ0v) is 12.5. The molecule has 0 spiro atoms. The standard InChI is InChI=1S/C17H27NO/c1-4-5-15-6-8-16(9-7-15)17(19)12-18-10-13(2)14(3)11-18/h6-9,13-14,17,19H,4-5,10-12H2,1-3H3. The second-order valence-electron chi connectivity index (χ2n) is 6.18. The van der Waals surface area contributed by atoms with E-state index in [1.807, 2.05) is 0 Å². The quantitative estimate of drug-likeness (QED) is 0.879. The molecule has 0 aliphatic carbocycles. The molecular formula is C17H27NO. The van der Waals surface area contributed by atoms with Crippen molar-refractivity contribution in [3.05, 3.63) is 35.4 Å². The molecule has 0 amide bonds. The molecule has 1 aliphatic rings. The third-order valence-corrected chi connectivity index (χ3v) is 4.40. The van der Waals surface area contributed by atoms with E-state index in [1.165, 1.54) is 12.0 Å². The number of aliphatic hydroxyl groups is 1. The van der Waals surface area contributed by atoms with Crippen molar-refractivity contribution in [3.8, 4) is 0 Å². The Bertz CT molecular complexity index is 377. The molecule has 0 radical (unpaired) electrons. The summed E-state index contributed by atoms with van der Waals surface area (Å²) in [5.41, 5.74) is 2.41. The topological polar surface area (TPSA) is 23.5 Å². The minimum Gasteiger partial charge on any atom is -0.387 e. The molecule has 1 aromatic carbocycles. The number of nitrogens with zero attached hydrogens (tertiary/aromatic N) is 1. The van der Waals surface area contributed by atoms with Gasteiger partial charge in [0.25, 0.3) is 0 Å². The van der Waals surface area contributed by atoms with Crippen LogP contribution in [0.5, 0.6) is 0 Å². The van der Waals surface area contributed by atoms with Gasteiger partial charge in [0.1, 0.15) is 0 Å². The van der Waals surface area contributed by atoms with Crippen molar-refractivity contribution in [1.82, 2.24) is 4.90 Å². The summed E-state index contributed by atoms with van der Waals surface area (Å²) in [7, 11) is 0. The van der Waals surface area contributed by atoms with Crippen molar-refractivity contribution in [1.29, 1.82) is 0 Å². The fourth-order valence-electron chi connectivity index (χ4n) is 2.94. The summed E-state index contributed by atoms with van der Waals surface area (Å²) in [6.07, 6.45) is 1.94. The van der Waals surface area contributed by atoms with Gasteiger partial charge in [-0.15, -0.1) is 0 Å². The number of benzene rings is 1. The second-order valence-corrected chi connectivity index (χ2v) is 6.18. The predicted octanol–water partition coefficient (Wildman–Crippen LogP) is 3.26. The number of β-amino-alcohol motifs (C(OH)–C–C–N with tert-alkyl or cyclic N) is 1. The van der Waals surface area contributed by atoms with E-state index in [0.717, 1.165) is 43.5 Å². The fraction of sp³-hybridized carbons (Fsp3) is 0.647. The molecule has 0 saturated carbocycles. The van der Waals surface area contributed by atoms with Gasteiger partial charge >= 0.3 is 0 Å². The van der Waals surface area contributed by atoms with E-state index in [0.29, 0.717) is 0 Å². The molecule has 2 rings (SSSR count). The summed E-state index contributed by atoms with van der Waals surface area (Å²) in [6, 6.07) is 8.46. The Kier molecular flexibility index (Phi) is 5.00. The molecule has 1 N–H and O–H groups in total. The van der Waals surface area contributed by atoms with Crippen LogP contribution in [-0.4, -0.2) is 29.6 Å². The molecule has 3 atom stereocenters. The molecule has 2 heteroatoms. The van der Waals surface area contributed by atoms with E-state index in [-0.39, 0.29) is 6.10 Å². The minimum absolute atomic E-state index is 0.354. The maximum Gasteiger partial charge on any atom is 0.0916 e. The summed E-state index contributed by atoms with van der Waals surface area (Å²) < 4.78 is 0. The molecule has 1 aliphatic heterocycles. The van der Waals surface area contributed by atoms with Gasteiger partial charge in [0.15, 0.2) is 0 Å². The molecule has 1 fully saturated rings. The second kappa shape index (κ2) is 6.53. The monoisotopic (exact) mass is 261 g/mol. The number of rotatable bonds is 5. The van der Waals surface area contributed by atoms with Crippen LogP contribution in [0.3, 0.4) is 0 Å².